The number of thioether (sulfide) groups is 1. The third kappa shape index (κ3) is 2.31. The largest absolute Gasteiger partial charge is 0.377 e. The van der Waals surface area contributed by atoms with Crippen LogP contribution in [-0.2, 0) is 9.53 Å². The first-order valence-corrected chi connectivity index (χ1v) is 6.41. The number of hydrogen-bond acceptors (Lipinski definition) is 3. The van der Waals surface area contributed by atoms with Gasteiger partial charge in [0.15, 0.2) is 5.78 Å². The van der Waals surface area contributed by atoms with Crippen LogP contribution in [0.5, 0.6) is 0 Å². The standard InChI is InChI=1S/C11H18O2S/c1-13-7-11(12)8-5-9-3-2-4-10(6-8)14-9/h8-10H,2-7H2,1H3. The molecule has 2 aliphatic rings. The molecule has 2 aliphatic heterocycles. The first kappa shape index (κ1) is 10.5. The summed E-state index contributed by atoms with van der Waals surface area (Å²) < 4.78 is 4.92. The van der Waals surface area contributed by atoms with Crippen molar-refractivity contribution in [2.75, 3.05) is 13.7 Å². The molecular weight excluding hydrogens is 196 g/mol. The first-order chi connectivity index (χ1) is 6.79. The number of methoxy groups -OCH3 is 1. The number of rotatable bonds is 3. The van der Waals surface area contributed by atoms with Crippen molar-refractivity contribution in [3.8, 4) is 0 Å². The first-order valence-electron chi connectivity index (χ1n) is 5.46. The lowest BCUT2D eigenvalue weighted by Crippen LogP contribution is -2.34. The van der Waals surface area contributed by atoms with E-state index in [0.29, 0.717) is 18.3 Å². The van der Waals surface area contributed by atoms with Gasteiger partial charge in [-0.15, -0.1) is 0 Å². The maximum Gasteiger partial charge on any atom is 0.161 e. The van der Waals surface area contributed by atoms with Crippen molar-refractivity contribution in [3.05, 3.63) is 0 Å². The lowest BCUT2D eigenvalue weighted by molar-refractivity contribution is -0.127. The maximum atomic E-state index is 11.7. The van der Waals surface area contributed by atoms with E-state index in [1.54, 1.807) is 7.11 Å². The number of carbonyl (C=O) groups is 1. The highest BCUT2D eigenvalue weighted by atomic mass is 32.2. The normalized spacial score (nSPS) is 36.8. The molecule has 0 aromatic carbocycles. The van der Waals surface area contributed by atoms with Crippen LogP contribution in [-0.4, -0.2) is 30.0 Å². The molecule has 2 heterocycles. The minimum Gasteiger partial charge on any atom is -0.377 e. The third-order valence-electron chi connectivity index (χ3n) is 3.27. The fourth-order valence-corrected chi connectivity index (χ4v) is 4.42. The van der Waals surface area contributed by atoms with Gasteiger partial charge >= 0.3 is 0 Å². The van der Waals surface area contributed by atoms with E-state index in [9.17, 15) is 4.79 Å². The molecule has 0 radical (unpaired) electrons. The van der Waals surface area contributed by atoms with Crippen molar-refractivity contribution < 1.29 is 9.53 Å². The molecule has 0 aromatic rings. The summed E-state index contributed by atoms with van der Waals surface area (Å²) in [6.07, 6.45) is 6.20. The van der Waals surface area contributed by atoms with Gasteiger partial charge in [0.05, 0.1) is 0 Å². The number of ether oxygens (including phenoxy) is 1. The van der Waals surface area contributed by atoms with Crippen LogP contribution in [0.15, 0.2) is 0 Å². The SMILES string of the molecule is COCC(=O)C1CC2CCCC(C1)S2. The van der Waals surface area contributed by atoms with Gasteiger partial charge in [0.2, 0.25) is 0 Å². The van der Waals surface area contributed by atoms with E-state index < -0.39 is 0 Å². The Kier molecular flexibility index (Phi) is 3.50. The molecule has 0 saturated carbocycles. The predicted molar refractivity (Wildman–Crippen MR) is 58.6 cm³/mol. The zero-order valence-electron chi connectivity index (χ0n) is 8.70. The van der Waals surface area contributed by atoms with Gasteiger partial charge in [-0.1, -0.05) is 6.42 Å². The van der Waals surface area contributed by atoms with E-state index in [4.69, 9.17) is 4.74 Å². The van der Waals surface area contributed by atoms with Crippen LogP contribution in [0.2, 0.25) is 0 Å². The summed E-state index contributed by atoms with van der Waals surface area (Å²) in [5.74, 6) is 0.621. The number of ketones is 1. The van der Waals surface area contributed by atoms with Crippen molar-refractivity contribution in [2.24, 2.45) is 5.92 Å². The van der Waals surface area contributed by atoms with Gasteiger partial charge in [-0.2, -0.15) is 11.8 Å². The monoisotopic (exact) mass is 214 g/mol. The Balaban J connectivity index is 1.91. The van der Waals surface area contributed by atoms with Gasteiger partial charge in [0.25, 0.3) is 0 Å². The molecule has 80 valence electrons. The molecule has 0 aromatic heterocycles. The second-order valence-corrected chi connectivity index (χ2v) is 5.98. The fraction of sp³-hybridized carbons (Fsp3) is 0.909. The van der Waals surface area contributed by atoms with Gasteiger partial charge < -0.3 is 4.74 Å². The highest BCUT2D eigenvalue weighted by molar-refractivity contribution is 8.00. The van der Waals surface area contributed by atoms with Crippen molar-refractivity contribution in [2.45, 2.75) is 42.6 Å². The molecule has 0 amide bonds. The van der Waals surface area contributed by atoms with E-state index in [1.165, 1.54) is 19.3 Å². The summed E-state index contributed by atoms with van der Waals surface area (Å²) in [7, 11) is 1.61. The average molecular weight is 214 g/mol. The summed E-state index contributed by atoms with van der Waals surface area (Å²) >= 11 is 2.12. The Morgan fingerprint density at radius 2 is 2.00 bits per heavy atom. The Morgan fingerprint density at radius 3 is 2.57 bits per heavy atom. The molecule has 2 atom stereocenters. The van der Waals surface area contributed by atoms with E-state index in [0.717, 1.165) is 23.3 Å². The topological polar surface area (TPSA) is 26.3 Å². The quantitative estimate of drug-likeness (QED) is 0.721. The summed E-state index contributed by atoms with van der Waals surface area (Å²) in [5.41, 5.74) is 0. The predicted octanol–water partition coefficient (Wildman–Crippen LogP) is 2.27. The molecule has 2 rings (SSSR count). The minimum absolute atomic E-state index is 0.298. The zero-order valence-corrected chi connectivity index (χ0v) is 9.52. The van der Waals surface area contributed by atoms with Gasteiger partial charge in [-0.05, 0) is 25.7 Å². The van der Waals surface area contributed by atoms with E-state index in [2.05, 4.69) is 11.8 Å². The number of Topliss-reactive ketones (excluding diaryl/α,β-unsaturated/α-hetero) is 1. The molecular formula is C11H18O2S. The van der Waals surface area contributed by atoms with Crippen molar-refractivity contribution in [1.82, 2.24) is 0 Å². The average Bonchev–Trinajstić information content (AvgIpc) is 2.17. The molecule has 14 heavy (non-hydrogen) atoms. The molecule has 2 unspecified atom stereocenters. The Hall–Kier alpha value is -0.0200. The van der Waals surface area contributed by atoms with Crippen LogP contribution >= 0.6 is 11.8 Å². The Bertz CT molecular complexity index is 205. The van der Waals surface area contributed by atoms with Gasteiger partial charge in [-0.3, -0.25) is 4.79 Å². The van der Waals surface area contributed by atoms with Crippen LogP contribution in [0.25, 0.3) is 0 Å². The Morgan fingerprint density at radius 1 is 1.36 bits per heavy atom. The molecule has 0 aliphatic carbocycles. The lowest BCUT2D eigenvalue weighted by Gasteiger charge is -2.37. The molecule has 2 bridgehead atoms. The van der Waals surface area contributed by atoms with Crippen LogP contribution in [0.4, 0.5) is 0 Å². The summed E-state index contributed by atoms with van der Waals surface area (Å²) in [6, 6.07) is 0. The fourth-order valence-electron chi connectivity index (χ4n) is 2.58. The van der Waals surface area contributed by atoms with Crippen LogP contribution in [0, 0.1) is 5.92 Å². The third-order valence-corrected chi connectivity index (χ3v) is 4.90. The highest BCUT2D eigenvalue weighted by Gasteiger charge is 2.35. The molecule has 2 fully saturated rings. The number of carbonyl (C=O) groups excluding carboxylic acids is 1. The van der Waals surface area contributed by atoms with Gasteiger partial charge in [0, 0.05) is 23.5 Å². The van der Waals surface area contributed by atoms with E-state index in [-0.39, 0.29) is 0 Å². The van der Waals surface area contributed by atoms with Gasteiger partial charge in [0.1, 0.15) is 6.61 Å². The van der Waals surface area contributed by atoms with E-state index >= 15 is 0 Å². The molecule has 0 spiro atoms. The zero-order chi connectivity index (χ0) is 9.97. The minimum atomic E-state index is 0.298. The summed E-state index contributed by atoms with van der Waals surface area (Å²) in [6.45, 7) is 0.314. The van der Waals surface area contributed by atoms with Crippen LogP contribution < -0.4 is 0 Å². The van der Waals surface area contributed by atoms with E-state index in [1.807, 2.05) is 0 Å². The second kappa shape index (κ2) is 4.67. The van der Waals surface area contributed by atoms with Crippen LogP contribution in [0.1, 0.15) is 32.1 Å². The van der Waals surface area contributed by atoms with Crippen molar-refractivity contribution in [1.29, 1.82) is 0 Å². The molecule has 3 heteroatoms. The van der Waals surface area contributed by atoms with Crippen molar-refractivity contribution in [3.63, 3.8) is 0 Å². The van der Waals surface area contributed by atoms with Crippen molar-refractivity contribution >= 4 is 17.5 Å². The lowest BCUT2D eigenvalue weighted by atomic mass is 9.87. The molecule has 2 saturated heterocycles. The van der Waals surface area contributed by atoms with Crippen LogP contribution in [0.3, 0.4) is 0 Å². The van der Waals surface area contributed by atoms with Gasteiger partial charge in [-0.25, -0.2) is 0 Å². The number of hydrogen-bond donors (Lipinski definition) is 0. The highest BCUT2D eigenvalue weighted by Crippen LogP contribution is 2.43. The summed E-state index contributed by atoms with van der Waals surface area (Å²) in [5, 5.41) is 1.52. The smallest absolute Gasteiger partial charge is 0.161 e. The Labute approximate surface area is 89.8 Å². The second-order valence-electron chi connectivity index (χ2n) is 4.38. The number of fused-ring (bicyclic) bond motifs is 2. The molecule has 2 nitrogen and oxygen atoms in total. The maximum absolute atomic E-state index is 11.7. The molecule has 0 N–H and O–H groups in total. The summed E-state index contributed by atoms with van der Waals surface area (Å²) in [4.78, 5) is 11.7.